The van der Waals surface area contributed by atoms with Crippen molar-refractivity contribution in [2.24, 2.45) is 0 Å². The summed E-state index contributed by atoms with van der Waals surface area (Å²) in [6.45, 7) is 8.81. The van der Waals surface area contributed by atoms with E-state index in [-0.39, 0.29) is 5.41 Å². The summed E-state index contributed by atoms with van der Waals surface area (Å²) < 4.78 is 0. The van der Waals surface area contributed by atoms with Crippen LogP contribution in [0.15, 0.2) is 192 Å². The second kappa shape index (κ2) is 17.4. The van der Waals surface area contributed by atoms with Gasteiger partial charge in [0.25, 0.3) is 0 Å². The van der Waals surface area contributed by atoms with Gasteiger partial charge in [0, 0.05) is 43.0 Å². The Morgan fingerprint density at radius 1 is 0.469 bits per heavy atom. The molecule has 10 rings (SSSR count). The molecular weight excluding hydrogens is 801 g/mol. The van der Waals surface area contributed by atoms with Crippen molar-refractivity contribution in [1.82, 2.24) is 29.9 Å². The maximum Gasteiger partial charge on any atom is 0.164 e. The average molecular weight is 847 g/mol. The molecule has 1 aliphatic carbocycles. The fraction of sp³-hybridized carbons (Fsp3) is 0.123. The fourth-order valence-electron chi connectivity index (χ4n) is 8.28. The van der Waals surface area contributed by atoms with Crippen molar-refractivity contribution in [2.45, 2.75) is 55.7 Å². The van der Waals surface area contributed by atoms with E-state index in [9.17, 15) is 0 Å². The van der Waals surface area contributed by atoms with E-state index in [4.69, 9.17) is 29.9 Å². The summed E-state index contributed by atoms with van der Waals surface area (Å²) in [6, 6.07) is 52.8. The SMILES string of the molecule is C/C(=C\C=C(/C)c1nc(-c2ccccc2)nc(-c2ccc3c(c2)Sc2ccccc2C3(C)C)n1)c1ccc(-c2ccc(-c3nc(C4=CCCC=C4)nc(-c4ccccc4)n3)cc2)cc1. The molecule has 64 heavy (non-hydrogen) atoms. The minimum atomic E-state index is -0.106. The Morgan fingerprint density at radius 3 is 1.61 bits per heavy atom. The highest BCUT2D eigenvalue weighted by atomic mass is 32.2. The van der Waals surface area contributed by atoms with Gasteiger partial charge in [-0.3, -0.25) is 0 Å². The summed E-state index contributed by atoms with van der Waals surface area (Å²) in [5.74, 6) is 3.99. The first-order valence-corrected chi connectivity index (χ1v) is 22.6. The normalized spacial score (nSPS) is 14.4. The Labute approximate surface area is 379 Å². The third-order valence-electron chi connectivity index (χ3n) is 12.0. The van der Waals surface area contributed by atoms with Gasteiger partial charge in [-0.2, -0.15) is 0 Å². The summed E-state index contributed by atoms with van der Waals surface area (Å²) in [6.07, 6.45) is 12.8. The van der Waals surface area contributed by atoms with Gasteiger partial charge in [0.2, 0.25) is 0 Å². The number of hydrogen-bond donors (Lipinski definition) is 0. The predicted octanol–water partition coefficient (Wildman–Crippen LogP) is 14.4. The van der Waals surface area contributed by atoms with Crippen LogP contribution in [0.4, 0.5) is 0 Å². The maximum atomic E-state index is 5.08. The van der Waals surface area contributed by atoms with E-state index in [0.717, 1.165) is 68.5 Å². The number of aromatic nitrogens is 6. The smallest absolute Gasteiger partial charge is 0.164 e. The molecule has 0 spiro atoms. The molecule has 1 aliphatic heterocycles. The van der Waals surface area contributed by atoms with Crippen molar-refractivity contribution < 1.29 is 0 Å². The van der Waals surface area contributed by atoms with Crippen LogP contribution in [0, 0.1) is 0 Å². The van der Waals surface area contributed by atoms with E-state index in [1.165, 1.54) is 20.9 Å². The monoisotopic (exact) mass is 846 g/mol. The lowest BCUT2D eigenvalue weighted by Gasteiger charge is -2.34. The fourth-order valence-corrected chi connectivity index (χ4v) is 9.72. The van der Waals surface area contributed by atoms with E-state index in [1.807, 2.05) is 72.4 Å². The summed E-state index contributed by atoms with van der Waals surface area (Å²) in [4.78, 5) is 32.3. The number of fused-ring (bicyclic) bond motifs is 2. The van der Waals surface area contributed by atoms with Gasteiger partial charge in [-0.25, -0.2) is 29.9 Å². The summed E-state index contributed by atoms with van der Waals surface area (Å²) in [5, 5.41) is 0. The van der Waals surface area contributed by atoms with Crippen LogP contribution in [-0.4, -0.2) is 29.9 Å². The summed E-state index contributed by atoms with van der Waals surface area (Å²) >= 11 is 1.82. The van der Waals surface area contributed by atoms with Crippen molar-refractivity contribution in [3.8, 4) is 56.7 Å². The Balaban J connectivity index is 0.902. The average Bonchev–Trinajstić information content (AvgIpc) is 3.36. The molecule has 0 saturated carbocycles. The van der Waals surface area contributed by atoms with Gasteiger partial charge in [0.1, 0.15) is 0 Å². The first-order valence-electron chi connectivity index (χ1n) is 21.8. The van der Waals surface area contributed by atoms with Crippen LogP contribution < -0.4 is 0 Å². The second-order valence-electron chi connectivity index (χ2n) is 16.8. The van der Waals surface area contributed by atoms with Gasteiger partial charge in [-0.15, -0.1) is 0 Å². The largest absolute Gasteiger partial charge is 0.209 e. The lowest BCUT2D eigenvalue weighted by Crippen LogP contribution is -2.23. The molecule has 0 atom stereocenters. The number of allylic oxidation sites excluding steroid dienone is 8. The van der Waals surface area contributed by atoms with Crippen LogP contribution in [0.2, 0.25) is 0 Å². The van der Waals surface area contributed by atoms with Gasteiger partial charge in [0.15, 0.2) is 34.9 Å². The van der Waals surface area contributed by atoms with Gasteiger partial charge < -0.3 is 0 Å². The van der Waals surface area contributed by atoms with Gasteiger partial charge in [0.05, 0.1) is 0 Å². The molecule has 310 valence electrons. The van der Waals surface area contributed by atoms with Gasteiger partial charge in [-0.1, -0.05) is 196 Å². The third-order valence-corrected chi connectivity index (χ3v) is 13.2. The van der Waals surface area contributed by atoms with Crippen LogP contribution in [0.25, 0.3) is 73.4 Å². The van der Waals surface area contributed by atoms with Gasteiger partial charge >= 0.3 is 0 Å². The first-order chi connectivity index (χ1) is 31.3. The topological polar surface area (TPSA) is 77.3 Å². The van der Waals surface area contributed by atoms with Crippen LogP contribution in [0.1, 0.15) is 68.9 Å². The molecule has 0 radical (unpaired) electrons. The molecule has 6 aromatic carbocycles. The first kappa shape index (κ1) is 40.7. The van der Waals surface area contributed by atoms with E-state index in [0.29, 0.717) is 34.9 Å². The Hall–Kier alpha value is -7.35. The number of nitrogens with zero attached hydrogens (tertiary/aromatic N) is 6. The molecule has 0 saturated heterocycles. The molecule has 8 aromatic rings. The lowest BCUT2D eigenvalue weighted by molar-refractivity contribution is 0.607. The summed E-state index contributed by atoms with van der Waals surface area (Å²) in [5.41, 5.74) is 12.9. The van der Waals surface area contributed by atoms with Crippen molar-refractivity contribution >= 4 is 28.5 Å². The van der Waals surface area contributed by atoms with Crippen molar-refractivity contribution in [1.29, 1.82) is 0 Å². The maximum absolute atomic E-state index is 5.08. The van der Waals surface area contributed by atoms with Crippen LogP contribution in [0.5, 0.6) is 0 Å². The van der Waals surface area contributed by atoms with E-state index in [1.54, 1.807) is 0 Å². The Bertz CT molecular complexity index is 3150. The van der Waals surface area contributed by atoms with Crippen molar-refractivity contribution in [2.75, 3.05) is 0 Å². The Morgan fingerprint density at radius 2 is 0.969 bits per heavy atom. The molecule has 0 bridgehead atoms. The second-order valence-corrected chi connectivity index (χ2v) is 17.9. The highest BCUT2D eigenvalue weighted by Crippen LogP contribution is 2.49. The number of rotatable bonds is 9. The van der Waals surface area contributed by atoms with Crippen molar-refractivity contribution in [3.05, 3.63) is 210 Å². The highest BCUT2D eigenvalue weighted by Gasteiger charge is 2.33. The van der Waals surface area contributed by atoms with Crippen LogP contribution >= 0.6 is 11.8 Å². The minimum Gasteiger partial charge on any atom is -0.209 e. The zero-order chi connectivity index (χ0) is 43.6. The zero-order valence-electron chi connectivity index (χ0n) is 36.3. The molecule has 0 unspecified atom stereocenters. The molecule has 6 nitrogen and oxygen atoms in total. The van der Waals surface area contributed by atoms with Crippen LogP contribution in [-0.2, 0) is 5.41 Å². The van der Waals surface area contributed by atoms with E-state index >= 15 is 0 Å². The van der Waals surface area contributed by atoms with E-state index in [2.05, 4.69) is 149 Å². The highest BCUT2D eigenvalue weighted by molar-refractivity contribution is 7.99. The number of hydrogen-bond acceptors (Lipinski definition) is 7. The quantitative estimate of drug-likeness (QED) is 0.134. The lowest BCUT2D eigenvalue weighted by atomic mass is 9.77. The molecule has 0 N–H and O–H groups in total. The minimum absolute atomic E-state index is 0.106. The summed E-state index contributed by atoms with van der Waals surface area (Å²) in [7, 11) is 0. The molecule has 2 aromatic heterocycles. The molecule has 3 heterocycles. The van der Waals surface area contributed by atoms with Crippen LogP contribution in [0.3, 0.4) is 0 Å². The molecule has 7 heteroatoms. The molecule has 0 fully saturated rings. The number of benzene rings is 6. The molecule has 2 aliphatic rings. The van der Waals surface area contributed by atoms with Crippen molar-refractivity contribution in [3.63, 3.8) is 0 Å². The predicted molar refractivity (Wildman–Crippen MR) is 263 cm³/mol. The van der Waals surface area contributed by atoms with E-state index < -0.39 is 0 Å². The molecule has 0 amide bonds. The third kappa shape index (κ3) is 8.30. The standard InChI is InChI=1S/C57H46N6S/c1-37(39-26-28-40(29-27-39)41-30-32-45(33-31-41)55-61-53(43-18-10-6-11-19-43)60-54(62-55)44-20-12-7-13-21-44)24-25-38(2)51-58-52(42-16-8-5-9-17-42)63-56(59-51)46-34-35-48-50(36-46)64-49-23-15-14-22-47(49)57(48,3)4/h5-6,8-12,14-36H,7,13H2,1-4H3/b37-24+,38-25+. The zero-order valence-corrected chi connectivity index (χ0v) is 37.1. The van der Waals surface area contributed by atoms with Gasteiger partial charge in [-0.05, 0) is 77.8 Å². The Kier molecular flexibility index (Phi) is 11.1. The molecular formula is C57H46N6S.